The molecule has 8 heteroatoms. The third-order valence-corrected chi connectivity index (χ3v) is 6.54. The average Bonchev–Trinajstić information content (AvgIpc) is 2.87. The van der Waals surface area contributed by atoms with Crippen molar-refractivity contribution in [3.63, 3.8) is 0 Å². The second-order valence-electron chi connectivity index (χ2n) is 10.3. The summed E-state index contributed by atoms with van der Waals surface area (Å²) < 4.78 is 4.49. The van der Waals surface area contributed by atoms with Crippen LogP contribution in [0.2, 0.25) is 0 Å². The number of esters is 1. The minimum atomic E-state index is -1.90. The Morgan fingerprint density at radius 2 is 0.872 bits per heavy atom. The normalized spacial score (nSPS) is 10.6. The number of ether oxygens (including phenoxy) is 1. The summed E-state index contributed by atoms with van der Waals surface area (Å²) in [5.41, 5.74) is 4.40. The Morgan fingerprint density at radius 1 is 0.564 bits per heavy atom. The van der Waals surface area contributed by atoms with Crippen LogP contribution in [0.3, 0.4) is 0 Å². The van der Waals surface area contributed by atoms with Crippen molar-refractivity contribution in [2.24, 2.45) is 5.73 Å². The van der Waals surface area contributed by atoms with Crippen molar-refractivity contribution in [2.45, 2.75) is 162 Å². The van der Waals surface area contributed by atoms with Crippen molar-refractivity contribution in [3.05, 3.63) is 0 Å². The lowest BCUT2D eigenvalue weighted by molar-refractivity contribution is -0.146. The molecule has 0 aliphatic carbocycles. The van der Waals surface area contributed by atoms with E-state index >= 15 is 0 Å². The fraction of sp³-hybridized carbons (Fsp3) is 0.839. The van der Waals surface area contributed by atoms with Crippen LogP contribution in [0.1, 0.15) is 157 Å². The Labute approximate surface area is 244 Å². The largest absolute Gasteiger partial charge is 0.466 e. The summed E-state index contributed by atoms with van der Waals surface area (Å²) in [6, 6.07) is 0. The van der Waals surface area contributed by atoms with Crippen LogP contribution >= 0.6 is 12.4 Å². The van der Waals surface area contributed by atoms with Gasteiger partial charge in [-0.2, -0.15) is 0 Å². The smallest absolute Gasteiger partial charge is 0.313 e. The average molecular weight is 576 g/mol. The summed E-state index contributed by atoms with van der Waals surface area (Å²) in [5.74, 6) is -1.67. The lowest BCUT2D eigenvalue weighted by Gasteiger charge is -2.25. The maximum atomic E-state index is 12.9. The second kappa shape index (κ2) is 27.9. The van der Waals surface area contributed by atoms with Crippen LogP contribution < -0.4 is 5.73 Å². The van der Waals surface area contributed by atoms with E-state index in [0.29, 0.717) is 25.9 Å². The Hall–Kier alpha value is -1.60. The summed E-state index contributed by atoms with van der Waals surface area (Å²) in [6.07, 6.45) is 15.7. The minimum Gasteiger partial charge on any atom is -0.466 e. The number of halogens is 1. The van der Waals surface area contributed by atoms with Gasteiger partial charge in [-0.3, -0.25) is 24.0 Å². The molecule has 0 rings (SSSR count). The Kier molecular flexibility index (Phi) is 30.0. The molecule has 0 aromatic rings. The number of hydrogen-bond donors (Lipinski definition) is 1. The third kappa shape index (κ3) is 21.9. The van der Waals surface area contributed by atoms with Gasteiger partial charge in [0.25, 0.3) is 0 Å². The molecule has 0 amide bonds. The van der Waals surface area contributed by atoms with Crippen LogP contribution in [0.4, 0.5) is 0 Å². The Balaban J connectivity index is -0.00000110. The van der Waals surface area contributed by atoms with E-state index in [1.54, 1.807) is 6.92 Å². The molecule has 230 valence electrons. The van der Waals surface area contributed by atoms with Crippen LogP contribution in [-0.4, -0.2) is 41.2 Å². The number of unbranched alkanes of at least 4 members (excludes halogenated alkanes) is 12. The van der Waals surface area contributed by atoms with Crippen LogP contribution in [0.5, 0.6) is 0 Å². The van der Waals surface area contributed by atoms with Gasteiger partial charge in [-0.15, -0.1) is 12.4 Å². The van der Waals surface area contributed by atoms with E-state index in [2.05, 4.69) is 25.5 Å². The van der Waals surface area contributed by atoms with E-state index in [0.717, 1.165) is 77.0 Å². The summed E-state index contributed by atoms with van der Waals surface area (Å²) in [6.45, 7) is 9.85. The fourth-order valence-corrected chi connectivity index (χ4v) is 4.14. The summed E-state index contributed by atoms with van der Waals surface area (Å²) in [5, 5.41) is 0. The molecule has 0 spiro atoms. The van der Waals surface area contributed by atoms with Gasteiger partial charge in [-0.1, -0.05) is 97.8 Å². The van der Waals surface area contributed by atoms with Gasteiger partial charge in [0.1, 0.15) is 12.2 Å². The number of ketones is 4. The van der Waals surface area contributed by atoms with Gasteiger partial charge in [0.2, 0.25) is 0 Å². The summed E-state index contributed by atoms with van der Waals surface area (Å²) in [4.78, 5) is 59.3. The molecule has 0 aromatic heterocycles. The van der Waals surface area contributed by atoms with Crippen molar-refractivity contribution in [1.29, 1.82) is 0 Å². The maximum absolute atomic E-state index is 12.9. The second-order valence-corrected chi connectivity index (χ2v) is 10.3. The van der Waals surface area contributed by atoms with E-state index in [1.165, 1.54) is 6.92 Å². The van der Waals surface area contributed by atoms with Crippen molar-refractivity contribution >= 4 is 41.5 Å². The molecule has 0 unspecified atom stereocenters. The van der Waals surface area contributed by atoms with Gasteiger partial charge in [-0.25, -0.2) is 0 Å². The highest BCUT2D eigenvalue weighted by atomic mass is 35.5. The van der Waals surface area contributed by atoms with E-state index in [-0.39, 0.29) is 61.2 Å². The van der Waals surface area contributed by atoms with Crippen LogP contribution in [0.15, 0.2) is 0 Å². The van der Waals surface area contributed by atoms with Gasteiger partial charge < -0.3 is 10.5 Å². The number of Topliss-reactive ketones (excluding diaryl/α,β-unsaturated/α-hetero) is 4. The van der Waals surface area contributed by atoms with Gasteiger partial charge in [0.05, 0.1) is 6.61 Å². The first-order chi connectivity index (χ1) is 18.1. The van der Waals surface area contributed by atoms with E-state index in [1.807, 2.05) is 0 Å². The zero-order valence-corrected chi connectivity index (χ0v) is 26.4. The van der Waals surface area contributed by atoms with Crippen molar-refractivity contribution in [1.82, 2.24) is 0 Å². The highest BCUT2D eigenvalue weighted by Gasteiger charge is 2.46. The molecular weight excluding hydrogens is 518 g/mol. The van der Waals surface area contributed by atoms with Crippen LogP contribution in [0.25, 0.3) is 0 Å². The lowest BCUT2D eigenvalue weighted by Crippen LogP contribution is -2.61. The van der Waals surface area contributed by atoms with Gasteiger partial charge in [0.15, 0.2) is 22.9 Å². The zero-order valence-electron chi connectivity index (χ0n) is 25.6. The molecule has 0 radical (unpaired) electrons. The lowest BCUT2D eigenvalue weighted by atomic mass is 9.79. The van der Waals surface area contributed by atoms with Crippen molar-refractivity contribution < 1.29 is 28.7 Å². The maximum Gasteiger partial charge on any atom is 0.313 e. The van der Waals surface area contributed by atoms with Gasteiger partial charge >= 0.3 is 5.97 Å². The molecule has 39 heavy (non-hydrogen) atoms. The molecule has 2 N–H and O–H groups in total. The molecule has 7 nitrogen and oxygen atoms in total. The minimum absolute atomic E-state index is 0. The molecule has 0 saturated heterocycles. The van der Waals surface area contributed by atoms with Crippen molar-refractivity contribution in [2.75, 3.05) is 6.61 Å². The number of carbonyl (C=O) groups is 5. The van der Waals surface area contributed by atoms with Gasteiger partial charge in [-0.05, 0) is 33.1 Å². The van der Waals surface area contributed by atoms with Crippen LogP contribution in [-0.2, 0) is 28.7 Å². The topological polar surface area (TPSA) is 121 Å². The predicted octanol–water partition coefficient (Wildman–Crippen LogP) is 7.42. The highest BCUT2D eigenvalue weighted by Crippen LogP contribution is 2.20. The SMILES string of the molecule is CCCCCCCC(=O)C(N)(C(=O)CCCCCCC)C(=O)CCCCCCC.CCOC(=O)CC(C)=O.Cl. The van der Waals surface area contributed by atoms with Gasteiger partial charge in [0, 0.05) is 19.3 Å². The van der Waals surface area contributed by atoms with E-state index in [9.17, 15) is 24.0 Å². The number of carbonyl (C=O) groups excluding carboxylic acids is 5. The first kappa shape index (κ1) is 41.9. The Morgan fingerprint density at radius 3 is 1.13 bits per heavy atom. The number of rotatable bonds is 24. The highest BCUT2D eigenvalue weighted by molar-refractivity contribution is 6.29. The molecule has 0 atom stereocenters. The third-order valence-electron chi connectivity index (χ3n) is 6.54. The number of hydrogen-bond acceptors (Lipinski definition) is 7. The zero-order chi connectivity index (χ0) is 29.2. The standard InChI is InChI=1S/C25H47NO3.C6H10O3.ClH/c1-4-7-10-13-16-19-22(27)25(26,23(28)20-17-14-11-8-5-2)24(29)21-18-15-12-9-6-3;1-3-9-6(8)4-5(2)7;/h4-21,26H2,1-3H3;3-4H2,1-2H3;1H. The molecule has 0 aromatic carbocycles. The van der Waals surface area contributed by atoms with E-state index in [4.69, 9.17) is 5.73 Å². The monoisotopic (exact) mass is 575 g/mol. The van der Waals surface area contributed by atoms with Crippen LogP contribution in [0, 0.1) is 0 Å². The Bertz CT molecular complexity index is 615. The molecule has 0 aliphatic heterocycles. The molecule has 0 fully saturated rings. The first-order valence-electron chi connectivity index (χ1n) is 15.1. The molecule has 0 saturated carbocycles. The molecule has 0 heterocycles. The molecule has 0 aliphatic rings. The molecular formula is C31H58ClNO6. The fourth-order valence-electron chi connectivity index (χ4n) is 4.14. The van der Waals surface area contributed by atoms with Crippen molar-refractivity contribution in [3.8, 4) is 0 Å². The summed E-state index contributed by atoms with van der Waals surface area (Å²) in [7, 11) is 0. The predicted molar refractivity (Wildman–Crippen MR) is 161 cm³/mol. The molecule has 0 bridgehead atoms. The first-order valence-corrected chi connectivity index (χ1v) is 15.1. The van der Waals surface area contributed by atoms with E-state index < -0.39 is 11.5 Å². The quantitative estimate of drug-likeness (QED) is 0.0721. The summed E-state index contributed by atoms with van der Waals surface area (Å²) >= 11 is 0. The number of nitrogens with two attached hydrogens (primary N) is 1.